The molecular formula is C24H27FN2O2S2. The lowest BCUT2D eigenvalue weighted by Gasteiger charge is -2.31. The summed E-state index contributed by atoms with van der Waals surface area (Å²) in [6.07, 6.45) is 1.84. The van der Waals surface area contributed by atoms with Crippen molar-refractivity contribution >= 4 is 26.3 Å². The maximum atomic E-state index is 13.7. The van der Waals surface area contributed by atoms with E-state index in [1.54, 1.807) is 18.3 Å². The fourth-order valence-electron chi connectivity index (χ4n) is 4.25. The van der Waals surface area contributed by atoms with Gasteiger partial charge in [0.1, 0.15) is 5.82 Å². The smallest absolute Gasteiger partial charge is 0.185 e. The Morgan fingerprint density at radius 2 is 1.74 bits per heavy atom. The standard InChI is InChI=1S/C24H27FN2O2S2/c1-16-5-4-6-17(2)22(16)14-20-15-30-24(26-20)27-11-9-21(10-12-27)31(28,29)23-13-19(25)8-7-18(23)3/h4-8,13,15,21H,9-12,14H2,1-3H3. The van der Waals surface area contributed by atoms with E-state index >= 15 is 0 Å². The third kappa shape index (κ3) is 4.53. The highest BCUT2D eigenvalue weighted by Crippen LogP contribution is 2.31. The van der Waals surface area contributed by atoms with Crippen LogP contribution in [0, 0.1) is 26.6 Å². The van der Waals surface area contributed by atoms with Gasteiger partial charge in [-0.1, -0.05) is 24.3 Å². The first-order valence-electron chi connectivity index (χ1n) is 10.5. The predicted octanol–water partition coefficient (Wildman–Crippen LogP) is 5.24. The summed E-state index contributed by atoms with van der Waals surface area (Å²) >= 11 is 1.61. The van der Waals surface area contributed by atoms with Gasteiger partial charge in [0.2, 0.25) is 0 Å². The van der Waals surface area contributed by atoms with Crippen molar-refractivity contribution in [3.8, 4) is 0 Å². The summed E-state index contributed by atoms with van der Waals surface area (Å²) in [6, 6.07) is 10.3. The third-order valence-corrected chi connectivity index (χ3v) is 9.50. The van der Waals surface area contributed by atoms with Gasteiger partial charge in [0.25, 0.3) is 0 Å². The summed E-state index contributed by atoms with van der Waals surface area (Å²) in [5, 5.41) is 2.55. The van der Waals surface area contributed by atoms with Crippen molar-refractivity contribution in [2.45, 2.75) is 50.2 Å². The number of halogens is 1. The lowest BCUT2D eigenvalue weighted by Crippen LogP contribution is -2.39. The largest absolute Gasteiger partial charge is 0.348 e. The molecule has 2 heterocycles. The Morgan fingerprint density at radius 3 is 2.42 bits per heavy atom. The van der Waals surface area contributed by atoms with Gasteiger partial charge in [-0.05, 0) is 68.0 Å². The minimum Gasteiger partial charge on any atom is -0.348 e. The van der Waals surface area contributed by atoms with E-state index in [1.807, 2.05) is 0 Å². The summed E-state index contributed by atoms with van der Waals surface area (Å²) in [7, 11) is -3.55. The first-order valence-corrected chi connectivity index (χ1v) is 12.9. The van der Waals surface area contributed by atoms with E-state index in [2.05, 4.69) is 42.3 Å². The number of sulfone groups is 1. The maximum Gasteiger partial charge on any atom is 0.185 e. The molecule has 1 saturated heterocycles. The second-order valence-corrected chi connectivity index (χ2v) is 11.3. The summed E-state index contributed by atoms with van der Waals surface area (Å²) in [6.45, 7) is 7.24. The molecule has 1 aromatic heterocycles. The van der Waals surface area contributed by atoms with E-state index < -0.39 is 20.9 Å². The molecule has 0 amide bonds. The van der Waals surface area contributed by atoms with Crippen LogP contribution in [0.2, 0.25) is 0 Å². The second kappa shape index (κ2) is 8.71. The van der Waals surface area contributed by atoms with E-state index in [1.165, 1.54) is 28.8 Å². The molecule has 0 bridgehead atoms. The average Bonchev–Trinajstić information content (AvgIpc) is 3.21. The normalized spacial score (nSPS) is 15.4. The second-order valence-electron chi connectivity index (χ2n) is 8.31. The van der Waals surface area contributed by atoms with Gasteiger partial charge < -0.3 is 4.90 Å². The van der Waals surface area contributed by atoms with Crippen LogP contribution in [0.3, 0.4) is 0 Å². The first kappa shape index (κ1) is 22.0. The molecule has 1 aliphatic rings. The zero-order valence-corrected chi connectivity index (χ0v) is 19.7. The Morgan fingerprint density at radius 1 is 1.06 bits per heavy atom. The molecule has 1 aliphatic heterocycles. The molecule has 3 aromatic rings. The van der Waals surface area contributed by atoms with Gasteiger partial charge in [-0.3, -0.25) is 0 Å². The average molecular weight is 459 g/mol. The molecule has 0 radical (unpaired) electrons. The molecule has 0 saturated carbocycles. The molecule has 31 heavy (non-hydrogen) atoms. The van der Waals surface area contributed by atoms with Crippen molar-refractivity contribution in [1.29, 1.82) is 0 Å². The Kier molecular flexibility index (Phi) is 6.17. The fraction of sp³-hybridized carbons (Fsp3) is 0.375. The van der Waals surface area contributed by atoms with Crippen LogP contribution < -0.4 is 4.90 Å². The fourth-order valence-corrected chi connectivity index (χ4v) is 7.11. The number of hydrogen-bond acceptors (Lipinski definition) is 5. The monoisotopic (exact) mass is 458 g/mol. The Hall–Kier alpha value is -2.25. The highest BCUT2D eigenvalue weighted by molar-refractivity contribution is 7.92. The van der Waals surface area contributed by atoms with Gasteiger partial charge in [0, 0.05) is 24.9 Å². The topological polar surface area (TPSA) is 50.3 Å². The predicted molar refractivity (Wildman–Crippen MR) is 124 cm³/mol. The van der Waals surface area contributed by atoms with Gasteiger partial charge in [0.15, 0.2) is 15.0 Å². The van der Waals surface area contributed by atoms with E-state index in [-0.39, 0.29) is 4.90 Å². The van der Waals surface area contributed by atoms with Crippen LogP contribution >= 0.6 is 11.3 Å². The highest BCUT2D eigenvalue weighted by Gasteiger charge is 2.33. The number of benzene rings is 2. The summed E-state index contributed by atoms with van der Waals surface area (Å²) in [5.41, 5.74) is 5.50. The van der Waals surface area contributed by atoms with Gasteiger partial charge in [0.05, 0.1) is 15.8 Å². The van der Waals surface area contributed by atoms with Crippen molar-refractivity contribution in [1.82, 2.24) is 4.98 Å². The van der Waals surface area contributed by atoms with E-state index in [0.29, 0.717) is 31.5 Å². The summed E-state index contributed by atoms with van der Waals surface area (Å²) in [4.78, 5) is 7.12. The van der Waals surface area contributed by atoms with Gasteiger partial charge in [-0.15, -0.1) is 11.3 Å². The van der Waals surface area contributed by atoms with Crippen molar-refractivity contribution in [3.05, 3.63) is 75.5 Å². The number of piperidine rings is 1. The van der Waals surface area contributed by atoms with Crippen LogP contribution in [0.4, 0.5) is 9.52 Å². The van der Waals surface area contributed by atoms with Crippen LogP contribution in [0.15, 0.2) is 46.7 Å². The number of anilines is 1. The molecule has 2 aromatic carbocycles. The van der Waals surface area contributed by atoms with Crippen LogP contribution in [0.25, 0.3) is 0 Å². The third-order valence-electron chi connectivity index (χ3n) is 6.15. The molecule has 0 N–H and O–H groups in total. The van der Waals surface area contributed by atoms with Crippen LogP contribution in [0.1, 0.15) is 40.8 Å². The zero-order valence-electron chi connectivity index (χ0n) is 18.1. The summed E-state index contributed by atoms with van der Waals surface area (Å²) < 4.78 is 39.8. The molecular weight excluding hydrogens is 431 g/mol. The molecule has 164 valence electrons. The Balaban J connectivity index is 1.44. The van der Waals surface area contributed by atoms with Crippen molar-refractivity contribution in [2.75, 3.05) is 18.0 Å². The highest BCUT2D eigenvalue weighted by atomic mass is 32.2. The zero-order chi connectivity index (χ0) is 22.2. The summed E-state index contributed by atoms with van der Waals surface area (Å²) in [5.74, 6) is -0.513. The first-order chi connectivity index (χ1) is 14.8. The minimum atomic E-state index is -3.55. The quantitative estimate of drug-likeness (QED) is 0.525. The lowest BCUT2D eigenvalue weighted by molar-refractivity contribution is 0.527. The minimum absolute atomic E-state index is 0.121. The van der Waals surface area contributed by atoms with E-state index in [9.17, 15) is 12.8 Å². The van der Waals surface area contributed by atoms with E-state index in [4.69, 9.17) is 4.98 Å². The number of hydrogen-bond donors (Lipinski definition) is 0. The number of nitrogens with zero attached hydrogens (tertiary/aromatic N) is 2. The molecule has 0 atom stereocenters. The number of rotatable bonds is 5. The molecule has 7 heteroatoms. The molecule has 1 fully saturated rings. The van der Waals surface area contributed by atoms with Crippen molar-refractivity contribution in [2.24, 2.45) is 0 Å². The molecule has 4 nitrogen and oxygen atoms in total. The van der Waals surface area contributed by atoms with Crippen molar-refractivity contribution in [3.63, 3.8) is 0 Å². The van der Waals surface area contributed by atoms with E-state index in [0.717, 1.165) is 23.3 Å². The van der Waals surface area contributed by atoms with Crippen LogP contribution in [-0.2, 0) is 16.3 Å². The molecule has 0 aliphatic carbocycles. The maximum absolute atomic E-state index is 13.7. The van der Waals surface area contributed by atoms with Gasteiger partial charge >= 0.3 is 0 Å². The number of thiazole rings is 1. The van der Waals surface area contributed by atoms with Gasteiger partial charge in [-0.2, -0.15) is 0 Å². The lowest BCUT2D eigenvalue weighted by atomic mass is 9.99. The Bertz CT molecular complexity index is 1180. The number of aromatic nitrogens is 1. The van der Waals surface area contributed by atoms with Crippen molar-refractivity contribution < 1.29 is 12.8 Å². The molecule has 0 spiro atoms. The van der Waals surface area contributed by atoms with Gasteiger partial charge in [-0.25, -0.2) is 17.8 Å². The van der Waals surface area contributed by atoms with Crippen LogP contribution in [-0.4, -0.2) is 31.7 Å². The SMILES string of the molecule is Cc1ccc(F)cc1S(=O)(=O)C1CCN(c2nc(Cc3c(C)cccc3C)cs2)CC1. The number of aryl methyl sites for hydroxylation is 3. The molecule has 0 unspecified atom stereocenters. The van der Waals surface area contributed by atoms with Crippen LogP contribution in [0.5, 0.6) is 0 Å². The molecule has 4 rings (SSSR count). The Labute approximate surface area is 187 Å².